The normalized spacial score (nSPS) is 18.8. The molecule has 138 valence electrons. The van der Waals surface area contributed by atoms with E-state index >= 15 is 0 Å². The standard InChI is InChI=1S/C17H20N4O4S/c22-17(15-11-25-16(19-15)12-4-3-7-18-8-12)21-9-14(10-21)26(23,24)20-13-5-1-2-6-13/h3-4,7-8,11,13-14,20H,1-2,5-6,9-10H2. The SMILES string of the molecule is O=C(c1coc(-c2cccnc2)n1)N1CC(S(=O)(=O)NC2CCCC2)C1. The fraction of sp³-hybridized carbons (Fsp3) is 0.471. The maximum atomic E-state index is 12.5. The van der Waals surface area contributed by atoms with E-state index in [1.165, 1.54) is 11.2 Å². The fourth-order valence-corrected chi connectivity index (χ4v) is 4.97. The Balaban J connectivity index is 1.37. The summed E-state index contributed by atoms with van der Waals surface area (Å²) in [6.45, 7) is 0.353. The number of amides is 1. The summed E-state index contributed by atoms with van der Waals surface area (Å²) in [6, 6.07) is 3.58. The lowest BCUT2D eigenvalue weighted by atomic mass is 10.2. The van der Waals surface area contributed by atoms with Gasteiger partial charge < -0.3 is 9.32 Å². The maximum Gasteiger partial charge on any atom is 0.275 e. The lowest BCUT2D eigenvalue weighted by Crippen LogP contribution is -2.60. The van der Waals surface area contributed by atoms with Gasteiger partial charge in [0.25, 0.3) is 5.91 Å². The number of carbonyl (C=O) groups excluding carboxylic acids is 1. The third-order valence-electron chi connectivity index (χ3n) is 4.89. The molecule has 2 aromatic heterocycles. The highest BCUT2D eigenvalue weighted by Gasteiger charge is 2.41. The second-order valence-corrected chi connectivity index (χ2v) is 8.75. The molecule has 1 saturated carbocycles. The lowest BCUT2D eigenvalue weighted by molar-refractivity contribution is 0.0652. The molecule has 0 radical (unpaired) electrons. The Morgan fingerprint density at radius 2 is 2.04 bits per heavy atom. The molecule has 1 aliphatic heterocycles. The summed E-state index contributed by atoms with van der Waals surface area (Å²) >= 11 is 0. The molecule has 1 saturated heterocycles. The van der Waals surface area contributed by atoms with E-state index in [1.54, 1.807) is 24.5 Å². The molecule has 0 aromatic carbocycles. The highest BCUT2D eigenvalue weighted by atomic mass is 32.2. The zero-order chi connectivity index (χ0) is 18.1. The minimum Gasteiger partial charge on any atom is -0.444 e. The van der Waals surface area contributed by atoms with Crippen molar-refractivity contribution in [1.29, 1.82) is 0 Å². The number of sulfonamides is 1. The van der Waals surface area contributed by atoms with E-state index in [4.69, 9.17) is 4.42 Å². The fourth-order valence-electron chi connectivity index (χ4n) is 3.33. The number of aromatic nitrogens is 2. The van der Waals surface area contributed by atoms with Crippen LogP contribution in [0.25, 0.3) is 11.5 Å². The molecule has 1 aliphatic carbocycles. The molecule has 0 bridgehead atoms. The molecule has 2 fully saturated rings. The van der Waals surface area contributed by atoms with Crippen LogP contribution in [0.5, 0.6) is 0 Å². The van der Waals surface area contributed by atoms with Crippen LogP contribution < -0.4 is 4.72 Å². The van der Waals surface area contributed by atoms with Gasteiger partial charge >= 0.3 is 0 Å². The quantitative estimate of drug-likeness (QED) is 0.846. The first-order valence-corrected chi connectivity index (χ1v) is 10.2. The monoisotopic (exact) mass is 376 g/mol. The van der Waals surface area contributed by atoms with E-state index in [2.05, 4.69) is 14.7 Å². The second kappa shape index (κ2) is 6.81. The van der Waals surface area contributed by atoms with Gasteiger partial charge in [0, 0.05) is 31.5 Å². The lowest BCUT2D eigenvalue weighted by Gasteiger charge is -2.38. The van der Waals surface area contributed by atoms with Crippen molar-refractivity contribution < 1.29 is 17.6 Å². The van der Waals surface area contributed by atoms with Crippen molar-refractivity contribution in [3.63, 3.8) is 0 Å². The molecule has 1 N–H and O–H groups in total. The van der Waals surface area contributed by atoms with Crippen LogP contribution >= 0.6 is 0 Å². The average molecular weight is 376 g/mol. The molecular formula is C17H20N4O4S. The van der Waals surface area contributed by atoms with Gasteiger partial charge in [0.2, 0.25) is 15.9 Å². The van der Waals surface area contributed by atoms with Crippen LogP contribution in [0.15, 0.2) is 35.2 Å². The Morgan fingerprint density at radius 1 is 1.27 bits per heavy atom. The molecular weight excluding hydrogens is 356 g/mol. The number of nitrogens with one attached hydrogen (secondary N) is 1. The Kier molecular flexibility index (Phi) is 4.49. The predicted molar refractivity (Wildman–Crippen MR) is 93.7 cm³/mol. The Bertz CT molecular complexity index is 884. The van der Waals surface area contributed by atoms with Crippen molar-refractivity contribution in [3.8, 4) is 11.5 Å². The summed E-state index contributed by atoms with van der Waals surface area (Å²) in [6.07, 6.45) is 8.44. The topological polar surface area (TPSA) is 105 Å². The summed E-state index contributed by atoms with van der Waals surface area (Å²) in [5, 5.41) is -0.559. The van der Waals surface area contributed by atoms with Crippen molar-refractivity contribution in [2.45, 2.75) is 37.0 Å². The number of rotatable bonds is 5. The predicted octanol–water partition coefficient (Wildman–Crippen LogP) is 1.42. The molecule has 0 spiro atoms. The average Bonchev–Trinajstić information content (AvgIpc) is 3.25. The largest absolute Gasteiger partial charge is 0.444 e. The molecule has 0 atom stereocenters. The van der Waals surface area contributed by atoms with Crippen molar-refractivity contribution in [2.24, 2.45) is 0 Å². The summed E-state index contributed by atoms with van der Waals surface area (Å²) in [7, 11) is -3.39. The number of nitrogens with zero attached hydrogens (tertiary/aromatic N) is 3. The summed E-state index contributed by atoms with van der Waals surface area (Å²) < 4.78 is 32.9. The van der Waals surface area contributed by atoms with Crippen molar-refractivity contribution in [3.05, 3.63) is 36.5 Å². The first-order chi connectivity index (χ1) is 12.5. The van der Waals surface area contributed by atoms with Gasteiger partial charge in [0.05, 0.1) is 5.56 Å². The van der Waals surface area contributed by atoms with E-state index in [0.717, 1.165) is 25.7 Å². The minimum absolute atomic E-state index is 0.0438. The zero-order valence-electron chi connectivity index (χ0n) is 14.2. The van der Waals surface area contributed by atoms with E-state index in [9.17, 15) is 13.2 Å². The summed E-state index contributed by atoms with van der Waals surface area (Å²) in [5.74, 6) is -0.00903. The van der Waals surface area contributed by atoms with Crippen LogP contribution in [0.1, 0.15) is 36.2 Å². The van der Waals surface area contributed by atoms with Crippen LogP contribution in [0.4, 0.5) is 0 Å². The van der Waals surface area contributed by atoms with E-state index in [1.807, 2.05) is 0 Å². The zero-order valence-corrected chi connectivity index (χ0v) is 15.0. The highest BCUT2D eigenvalue weighted by Crippen LogP contribution is 2.24. The number of hydrogen-bond donors (Lipinski definition) is 1. The smallest absolute Gasteiger partial charge is 0.275 e. The number of hydrogen-bond acceptors (Lipinski definition) is 6. The van der Waals surface area contributed by atoms with Gasteiger partial charge in [-0.3, -0.25) is 9.78 Å². The summed E-state index contributed by atoms with van der Waals surface area (Å²) in [4.78, 5) is 22.1. The molecule has 2 aliphatic rings. The summed E-state index contributed by atoms with van der Waals surface area (Å²) in [5.41, 5.74) is 0.847. The van der Waals surface area contributed by atoms with E-state index in [0.29, 0.717) is 11.5 Å². The molecule has 3 heterocycles. The number of pyridine rings is 1. The van der Waals surface area contributed by atoms with Crippen molar-refractivity contribution in [1.82, 2.24) is 19.6 Å². The first kappa shape index (κ1) is 17.2. The van der Waals surface area contributed by atoms with Gasteiger partial charge in [-0.15, -0.1) is 0 Å². The number of oxazole rings is 1. The Labute approximate surface area is 151 Å². The maximum absolute atomic E-state index is 12.5. The van der Waals surface area contributed by atoms with Gasteiger partial charge in [-0.25, -0.2) is 18.1 Å². The number of likely N-dealkylation sites (tertiary alicyclic amines) is 1. The van der Waals surface area contributed by atoms with Crippen LogP contribution in [-0.4, -0.2) is 53.6 Å². The Hall–Kier alpha value is -2.26. The third kappa shape index (κ3) is 3.36. The Morgan fingerprint density at radius 3 is 2.73 bits per heavy atom. The highest BCUT2D eigenvalue weighted by molar-refractivity contribution is 7.90. The number of carbonyl (C=O) groups is 1. The van der Waals surface area contributed by atoms with E-state index in [-0.39, 0.29) is 30.7 Å². The van der Waals surface area contributed by atoms with Crippen LogP contribution in [0.2, 0.25) is 0 Å². The van der Waals surface area contributed by atoms with Gasteiger partial charge in [-0.2, -0.15) is 0 Å². The third-order valence-corrected chi connectivity index (χ3v) is 6.73. The molecule has 4 rings (SSSR count). The van der Waals surface area contributed by atoms with Gasteiger partial charge in [0.1, 0.15) is 11.5 Å². The second-order valence-electron chi connectivity index (χ2n) is 6.76. The molecule has 26 heavy (non-hydrogen) atoms. The van der Waals surface area contributed by atoms with Gasteiger partial charge in [-0.1, -0.05) is 12.8 Å². The van der Waals surface area contributed by atoms with Gasteiger partial charge in [-0.05, 0) is 25.0 Å². The molecule has 9 heteroatoms. The minimum atomic E-state index is -3.39. The molecule has 2 aromatic rings. The molecule has 0 unspecified atom stereocenters. The van der Waals surface area contributed by atoms with Gasteiger partial charge in [0.15, 0.2) is 5.69 Å². The first-order valence-electron chi connectivity index (χ1n) is 8.69. The van der Waals surface area contributed by atoms with Crippen LogP contribution in [0, 0.1) is 0 Å². The van der Waals surface area contributed by atoms with E-state index < -0.39 is 15.3 Å². The molecule has 1 amide bonds. The van der Waals surface area contributed by atoms with Crippen LogP contribution in [-0.2, 0) is 10.0 Å². The van der Waals surface area contributed by atoms with Crippen LogP contribution in [0.3, 0.4) is 0 Å². The molecule has 8 nitrogen and oxygen atoms in total. The van der Waals surface area contributed by atoms with Crippen molar-refractivity contribution in [2.75, 3.05) is 13.1 Å². The van der Waals surface area contributed by atoms with Crippen molar-refractivity contribution >= 4 is 15.9 Å².